The van der Waals surface area contributed by atoms with Crippen molar-refractivity contribution in [3.63, 3.8) is 0 Å². The predicted molar refractivity (Wildman–Crippen MR) is 46.9 cm³/mol. The van der Waals surface area contributed by atoms with Crippen LogP contribution >= 0.6 is 0 Å². The topological polar surface area (TPSA) is 18.5 Å². The van der Waals surface area contributed by atoms with E-state index in [4.69, 9.17) is 9.47 Å². The van der Waals surface area contributed by atoms with Crippen molar-refractivity contribution in [1.82, 2.24) is 0 Å². The van der Waals surface area contributed by atoms with Crippen LogP contribution in [0.2, 0.25) is 0 Å². The molecular weight excluding hydrogens is 152 g/mol. The second kappa shape index (κ2) is 2.71. The Balaban J connectivity index is 1.95. The lowest BCUT2D eigenvalue weighted by molar-refractivity contribution is -0.229. The predicted octanol–water partition coefficient (Wildman–Crippen LogP) is 2.33. The molecule has 2 nitrogen and oxygen atoms in total. The van der Waals surface area contributed by atoms with Gasteiger partial charge in [0.1, 0.15) is 0 Å². The van der Waals surface area contributed by atoms with E-state index in [1.54, 1.807) is 14.2 Å². The van der Waals surface area contributed by atoms with Crippen molar-refractivity contribution in [3.05, 3.63) is 0 Å². The second-order valence-corrected chi connectivity index (χ2v) is 4.32. The molecule has 0 bridgehead atoms. The molecule has 0 unspecified atom stereocenters. The van der Waals surface area contributed by atoms with Gasteiger partial charge in [0.25, 0.3) is 0 Å². The standard InChI is InChI=1S/C10H18O2/c1-11-10(12-2)7-5-9(3-4-9)6-8-10/h3-8H2,1-2H3. The zero-order chi connectivity index (χ0) is 8.66. The molecule has 2 rings (SSSR count). The van der Waals surface area contributed by atoms with E-state index < -0.39 is 0 Å². The number of ether oxygens (including phenoxy) is 2. The van der Waals surface area contributed by atoms with E-state index in [2.05, 4.69) is 0 Å². The van der Waals surface area contributed by atoms with E-state index in [-0.39, 0.29) is 5.79 Å². The van der Waals surface area contributed by atoms with Crippen molar-refractivity contribution in [3.8, 4) is 0 Å². The van der Waals surface area contributed by atoms with Gasteiger partial charge in [0, 0.05) is 27.1 Å². The van der Waals surface area contributed by atoms with E-state index in [1.165, 1.54) is 25.7 Å². The fourth-order valence-corrected chi connectivity index (χ4v) is 2.33. The summed E-state index contributed by atoms with van der Waals surface area (Å²) in [6.07, 6.45) is 7.65. The van der Waals surface area contributed by atoms with Crippen molar-refractivity contribution in [2.75, 3.05) is 14.2 Å². The molecule has 2 heteroatoms. The number of rotatable bonds is 2. The molecule has 0 aliphatic heterocycles. The Kier molecular flexibility index (Phi) is 1.92. The molecule has 1 spiro atoms. The first kappa shape index (κ1) is 8.52. The smallest absolute Gasteiger partial charge is 0.167 e. The summed E-state index contributed by atoms with van der Waals surface area (Å²) >= 11 is 0. The third-order valence-corrected chi connectivity index (χ3v) is 3.77. The Morgan fingerprint density at radius 2 is 1.17 bits per heavy atom. The van der Waals surface area contributed by atoms with E-state index in [9.17, 15) is 0 Å². The minimum atomic E-state index is -0.242. The summed E-state index contributed by atoms with van der Waals surface area (Å²) in [5.74, 6) is -0.242. The summed E-state index contributed by atoms with van der Waals surface area (Å²) in [5.41, 5.74) is 0.723. The zero-order valence-electron chi connectivity index (χ0n) is 8.06. The third-order valence-electron chi connectivity index (χ3n) is 3.77. The van der Waals surface area contributed by atoms with Crippen molar-refractivity contribution >= 4 is 0 Å². The Labute approximate surface area is 74.2 Å². The quantitative estimate of drug-likeness (QED) is 0.592. The van der Waals surface area contributed by atoms with Crippen LogP contribution in [-0.4, -0.2) is 20.0 Å². The van der Waals surface area contributed by atoms with Gasteiger partial charge in [-0.3, -0.25) is 0 Å². The highest BCUT2D eigenvalue weighted by Crippen LogP contribution is 2.58. The van der Waals surface area contributed by atoms with E-state index in [0.717, 1.165) is 18.3 Å². The SMILES string of the molecule is COC1(OC)CCC2(CC2)CC1. The van der Waals surface area contributed by atoms with Crippen LogP contribution in [0, 0.1) is 5.41 Å². The monoisotopic (exact) mass is 170 g/mol. The van der Waals surface area contributed by atoms with Crippen LogP contribution in [0.1, 0.15) is 38.5 Å². The Morgan fingerprint density at radius 3 is 1.50 bits per heavy atom. The van der Waals surface area contributed by atoms with Gasteiger partial charge in [0.15, 0.2) is 5.79 Å². The van der Waals surface area contributed by atoms with Gasteiger partial charge in [-0.2, -0.15) is 0 Å². The van der Waals surface area contributed by atoms with Crippen LogP contribution in [0.3, 0.4) is 0 Å². The Hall–Kier alpha value is -0.0800. The second-order valence-electron chi connectivity index (χ2n) is 4.32. The van der Waals surface area contributed by atoms with E-state index >= 15 is 0 Å². The molecule has 12 heavy (non-hydrogen) atoms. The number of methoxy groups -OCH3 is 2. The lowest BCUT2D eigenvalue weighted by Gasteiger charge is -2.38. The Bertz CT molecular complexity index is 157. The molecule has 0 aromatic carbocycles. The lowest BCUT2D eigenvalue weighted by atomic mass is 9.82. The maximum atomic E-state index is 5.43. The van der Waals surface area contributed by atoms with Gasteiger partial charge in [0.2, 0.25) is 0 Å². The summed E-state index contributed by atoms with van der Waals surface area (Å²) in [7, 11) is 3.52. The summed E-state index contributed by atoms with van der Waals surface area (Å²) in [6, 6.07) is 0. The average Bonchev–Trinajstić information content (AvgIpc) is 2.88. The molecule has 0 aromatic heterocycles. The van der Waals surface area contributed by atoms with E-state index in [1.807, 2.05) is 0 Å². The van der Waals surface area contributed by atoms with Crippen molar-refractivity contribution in [2.24, 2.45) is 5.41 Å². The molecule has 2 saturated carbocycles. The van der Waals surface area contributed by atoms with Gasteiger partial charge >= 0.3 is 0 Å². The minimum absolute atomic E-state index is 0.242. The third kappa shape index (κ3) is 1.27. The van der Waals surface area contributed by atoms with Gasteiger partial charge in [0.05, 0.1) is 0 Å². The fourth-order valence-electron chi connectivity index (χ4n) is 2.33. The van der Waals surface area contributed by atoms with Gasteiger partial charge < -0.3 is 9.47 Å². The van der Waals surface area contributed by atoms with Crippen molar-refractivity contribution in [1.29, 1.82) is 0 Å². The maximum Gasteiger partial charge on any atom is 0.167 e. The van der Waals surface area contributed by atoms with Crippen LogP contribution in [-0.2, 0) is 9.47 Å². The van der Waals surface area contributed by atoms with Gasteiger partial charge in [-0.05, 0) is 31.1 Å². The highest BCUT2D eigenvalue weighted by atomic mass is 16.7. The minimum Gasteiger partial charge on any atom is -0.353 e. The van der Waals surface area contributed by atoms with Crippen LogP contribution in [0.25, 0.3) is 0 Å². The first-order valence-corrected chi connectivity index (χ1v) is 4.85. The molecule has 0 N–H and O–H groups in total. The first-order chi connectivity index (χ1) is 5.74. The van der Waals surface area contributed by atoms with Crippen LogP contribution in [0.5, 0.6) is 0 Å². The lowest BCUT2D eigenvalue weighted by Crippen LogP contribution is -2.38. The largest absolute Gasteiger partial charge is 0.353 e. The molecule has 0 saturated heterocycles. The van der Waals surface area contributed by atoms with Crippen LogP contribution in [0.4, 0.5) is 0 Å². The summed E-state index contributed by atoms with van der Waals surface area (Å²) in [4.78, 5) is 0. The van der Waals surface area contributed by atoms with Crippen LogP contribution in [0.15, 0.2) is 0 Å². The molecule has 2 aliphatic rings. The van der Waals surface area contributed by atoms with Gasteiger partial charge in [-0.25, -0.2) is 0 Å². The Morgan fingerprint density at radius 1 is 0.750 bits per heavy atom. The number of hydrogen-bond acceptors (Lipinski definition) is 2. The number of hydrogen-bond donors (Lipinski definition) is 0. The molecule has 0 amide bonds. The van der Waals surface area contributed by atoms with Crippen LogP contribution < -0.4 is 0 Å². The van der Waals surface area contributed by atoms with Gasteiger partial charge in [-0.1, -0.05) is 0 Å². The summed E-state index contributed by atoms with van der Waals surface area (Å²) < 4.78 is 10.9. The fraction of sp³-hybridized carbons (Fsp3) is 1.00. The normalized spacial score (nSPS) is 30.5. The molecule has 2 fully saturated rings. The molecule has 0 heterocycles. The van der Waals surface area contributed by atoms with Crippen molar-refractivity contribution in [2.45, 2.75) is 44.3 Å². The molecular formula is C10H18O2. The zero-order valence-corrected chi connectivity index (χ0v) is 8.06. The maximum absolute atomic E-state index is 5.43. The highest BCUT2D eigenvalue weighted by molar-refractivity contribution is 4.98. The average molecular weight is 170 g/mol. The first-order valence-electron chi connectivity index (χ1n) is 4.85. The van der Waals surface area contributed by atoms with Gasteiger partial charge in [-0.15, -0.1) is 0 Å². The molecule has 0 radical (unpaired) electrons. The van der Waals surface area contributed by atoms with E-state index in [0.29, 0.717) is 0 Å². The highest BCUT2D eigenvalue weighted by Gasteiger charge is 2.49. The molecule has 2 aliphatic carbocycles. The summed E-state index contributed by atoms with van der Waals surface area (Å²) in [5, 5.41) is 0. The summed E-state index contributed by atoms with van der Waals surface area (Å²) in [6.45, 7) is 0. The molecule has 70 valence electrons. The van der Waals surface area contributed by atoms with Crippen molar-refractivity contribution < 1.29 is 9.47 Å². The molecule has 0 atom stereocenters. The molecule has 0 aromatic rings.